The van der Waals surface area contributed by atoms with Crippen LogP contribution in [0.4, 0.5) is 0 Å². The van der Waals surface area contributed by atoms with Crippen LogP contribution in [0.5, 0.6) is 0 Å². The third-order valence-electron chi connectivity index (χ3n) is 3.75. The van der Waals surface area contributed by atoms with Crippen molar-refractivity contribution in [3.8, 4) is 0 Å². The maximum Gasteiger partial charge on any atom is 0.0978 e. The molecule has 0 aliphatic carbocycles. The second-order valence-corrected chi connectivity index (χ2v) is 10.7. The van der Waals surface area contributed by atoms with E-state index in [1.54, 1.807) is 36.1 Å². The topological polar surface area (TPSA) is 64.5 Å². The molecular weight excluding hydrogens is 378 g/mol. The average molecular weight is 414 g/mol. The van der Waals surface area contributed by atoms with E-state index in [1.807, 2.05) is 23.7 Å². The smallest absolute Gasteiger partial charge is 0.0978 e. The molecule has 0 N–H and O–H groups in total. The summed E-state index contributed by atoms with van der Waals surface area (Å²) < 4.78 is 0. The fraction of sp³-hybridized carbons (Fsp3) is 0.522. The molecule has 0 bridgehead atoms. The first-order chi connectivity index (χ1) is 13.3. The lowest BCUT2D eigenvalue weighted by Crippen LogP contribution is -2.13. The molecule has 0 unspecified atom stereocenters. The molecule has 29 heavy (non-hydrogen) atoms. The molecule has 3 rings (SSSR count). The molecule has 158 valence electrons. The number of hydrogen-bond acceptors (Lipinski definition) is 6. The summed E-state index contributed by atoms with van der Waals surface area (Å²) in [4.78, 5) is 12.4. The van der Waals surface area contributed by atoms with Gasteiger partial charge in [-0.05, 0) is 12.1 Å². The quantitative estimate of drug-likeness (QED) is 0.453. The van der Waals surface area contributed by atoms with E-state index in [2.05, 4.69) is 87.5 Å². The van der Waals surface area contributed by atoms with Crippen LogP contribution in [-0.4, -0.2) is 25.1 Å². The molecular formula is C23H35N5S. The molecule has 0 saturated heterocycles. The van der Waals surface area contributed by atoms with E-state index in [4.69, 9.17) is 0 Å². The first kappa shape index (κ1) is 24.8. The van der Waals surface area contributed by atoms with Crippen molar-refractivity contribution in [1.29, 1.82) is 0 Å². The van der Waals surface area contributed by atoms with Crippen LogP contribution in [0, 0.1) is 0 Å². The third kappa shape index (κ3) is 9.70. The lowest BCUT2D eigenvalue weighted by atomic mass is 9.92. The van der Waals surface area contributed by atoms with Gasteiger partial charge in [-0.2, -0.15) is 10.2 Å². The molecule has 0 amide bonds. The maximum absolute atomic E-state index is 4.21. The van der Waals surface area contributed by atoms with Crippen LogP contribution in [-0.2, 0) is 16.2 Å². The Morgan fingerprint density at radius 2 is 1.34 bits per heavy atom. The zero-order valence-electron chi connectivity index (χ0n) is 19.3. The summed E-state index contributed by atoms with van der Waals surface area (Å²) in [6.45, 7) is 19.2. The molecule has 0 saturated carbocycles. The van der Waals surface area contributed by atoms with Gasteiger partial charge in [0.15, 0.2) is 0 Å². The van der Waals surface area contributed by atoms with E-state index < -0.39 is 0 Å². The molecule has 3 heterocycles. The zero-order chi connectivity index (χ0) is 22.1. The second kappa shape index (κ2) is 10.5. The van der Waals surface area contributed by atoms with Crippen LogP contribution in [0.2, 0.25) is 0 Å². The van der Waals surface area contributed by atoms with E-state index in [1.165, 1.54) is 5.01 Å². The highest BCUT2D eigenvalue weighted by molar-refractivity contribution is 7.09. The minimum atomic E-state index is 0.119. The Morgan fingerprint density at radius 3 is 1.62 bits per heavy atom. The van der Waals surface area contributed by atoms with Gasteiger partial charge in [0.05, 0.1) is 16.4 Å². The van der Waals surface area contributed by atoms with Crippen molar-refractivity contribution >= 4 is 11.3 Å². The van der Waals surface area contributed by atoms with Crippen molar-refractivity contribution in [2.45, 2.75) is 78.6 Å². The Kier molecular flexibility index (Phi) is 9.02. The molecule has 3 aromatic rings. The van der Waals surface area contributed by atoms with Crippen molar-refractivity contribution in [3.63, 3.8) is 0 Å². The monoisotopic (exact) mass is 413 g/mol. The number of nitrogens with zero attached hydrogens (tertiary/aromatic N) is 5. The van der Waals surface area contributed by atoms with Gasteiger partial charge in [-0.3, -0.25) is 9.97 Å². The summed E-state index contributed by atoms with van der Waals surface area (Å²) in [6.07, 6.45) is 8.76. The predicted octanol–water partition coefficient (Wildman–Crippen LogP) is 5.99. The Balaban J connectivity index is 0.000000218. The third-order valence-corrected chi connectivity index (χ3v) is 4.95. The van der Waals surface area contributed by atoms with Gasteiger partial charge in [0.1, 0.15) is 0 Å². The Hall–Kier alpha value is -2.21. The highest BCUT2D eigenvalue weighted by Crippen LogP contribution is 2.23. The van der Waals surface area contributed by atoms with Crippen molar-refractivity contribution < 1.29 is 0 Å². The van der Waals surface area contributed by atoms with Gasteiger partial charge in [-0.1, -0.05) is 62.3 Å². The largest absolute Gasteiger partial charge is 0.261 e. The van der Waals surface area contributed by atoms with E-state index in [-0.39, 0.29) is 16.2 Å². The molecule has 0 aromatic carbocycles. The summed E-state index contributed by atoms with van der Waals surface area (Å²) in [6, 6.07) is 3.90. The molecule has 6 heteroatoms. The Bertz CT molecular complexity index is 747. The fourth-order valence-electron chi connectivity index (χ4n) is 1.98. The minimum absolute atomic E-state index is 0.119. The Labute approximate surface area is 180 Å². The van der Waals surface area contributed by atoms with Crippen LogP contribution in [0.15, 0.2) is 48.5 Å². The summed E-state index contributed by atoms with van der Waals surface area (Å²) >= 11 is 1.72. The van der Waals surface area contributed by atoms with Gasteiger partial charge < -0.3 is 0 Å². The predicted molar refractivity (Wildman–Crippen MR) is 122 cm³/mol. The lowest BCUT2D eigenvalue weighted by Gasteiger charge is -2.15. The highest BCUT2D eigenvalue weighted by Gasteiger charge is 2.16. The summed E-state index contributed by atoms with van der Waals surface area (Å²) in [5.74, 6) is 0. The number of thiazole rings is 1. The molecule has 0 atom stereocenters. The number of aromatic nitrogens is 5. The number of rotatable bonds is 0. The first-order valence-corrected chi connectivity index (χ1v) is 10.6. The summed E-state index contributed by atoms with van der Waals surface area (Å²) in [5, 5.41) is 11.0. The first-order valence-electron chi connectivity index (χ1n) is 9.76. The minimum Gasteiger partial charge on any atom is -0.261 e. The van der Waals surface area contributed by atoms with Crippen molar-refractivity contribution in [2.24, 2.45) is 0 Å². The van der Waals surface area contributed by atoms with E-state index in [0.29, 0.717) is 0 Å². The van der Waals surface area contributed by atoms with E-state index in [0.717, 1.165) is 11.4 Å². The molecule has 3 aromatic heterocycles. The van der Waals surface area contributed by atoms with Crippen LogP contribution in [0.1, 0.15) is 78.7 Å². The van der Waals surface area contributed by atoms with Gasteiger partial charge >= 0.3 is 0 Å². The van der Waals surface area contributed by atoms with E-state index in [9.17, 15) is 0 Å². The van der Waals surface area contributed by atoms with Gasteiger partial charge in [-0.15, -0.1) is 11.3 Å². The SMILES string of the molecule is CC(C)(C)c1cccnn1.CC(C)(C)c1cnccn1.CC(C)(C)c1nccs1. The Morgan fingerprint density at radius 1 is 0.690 bits per heavy atom. The molecule has 0 aliphatic heterocycles. The number of hydrogen-bond donors (Lipinski definition) is 0. The van der Waals surface area contributed by atoms with Gasteiger partial charge in [0.25, 0.3) is 0 Å². The standard InChI is InChI=1S/2C8H12N2.C7H11NS/c1-8(2,3)7-6-9-4-5-10-7;1-8(2,3)7-5-4-6-9-10-7;1-7(2,3)6-8-4-5-9-6/h2*4-6H,1-3H3;4-5H,1-3H3. The van der Waals surface area contributed by atoms with Crippen LogP contribution in [0.25, 0.3) is 0 Å². The van der Waals surface area contributed by atoms with Gasteiger partial charge in [0, 0.05) is 52.6 Å². The summed E-state index contributed by atoms with van der Waals surface area (Å²) in [7, 11) is 0. The van der Waals surface area contributed by atoms with Crippen LogP contribution >= 0.6 is 11.3 Å². The average Bonchev–Trinajstić information content (AvgIpc) is 3.18. The molecule has 0 spiro atoms. The molecule has 5 nitrogen and oxygen atoms in total. The summed E-state index contributed by atoms with van der Waals surface area (Å²) in [5.41, 5.74) is 2.54. The highest BCUT2D eigenvalue weighted by atomic mass is 32.1. The lowest BCUT2D eigenvalue weighted by molar-refractivity contribution is 0.558. The normalized spacial score (nSPS) is 11.6. The van der Waals surface area contributed by atoms with Crippen molar-refractivity contribution in [3.05, 3.63) is 64.9 Å². The maximum atomic E-state index is 4.21. The van der Waals surface area contributed by atoms with E-state index >= 15 is 0 Å². The van der Waals surface area contributed by atoms with Crippen molar-refractivity contribution in [2.75, 3.05) is 0 Å². The zero-order valence-corrected chi connectivity index (χ0v) is 20.1. The molecule has 0 radical (unpaired) electrons. The molecule has 0 aliphatic rings. The van der Waals surface area contributed by atoms with Crippen molar-refractivity contribution in [1.82, 2.24) is 25.1 Å². The van der Waals surface area contributed by atoms with Crippen LogP contribution in [0.3, 0.4) is 0 Å². The molecule has 0 fully saturated rings. The van der Waals surface area contributed by atoms with Gasteiger partial charge in [0.2, 0.25) is 0 Å². The van der Waals surface area contributed by atoms with Crippen LogP contribution < -0.4 is 0 Å². The fourth-order valence-corrected chi connectivity index (χ4v) is 2.71. The van der Waals surface area contributed by atoms with Gasteiger partial charge in [-0.25, -0.2) is 4.98 Å². The second-order valence-electron chi connectivity index (χ2n) is 9.79.